The molecule has 288 valence electrons. The predicted molar refractivity (Wildman–Crippen MR) is 245 cm³/mol. The van der Waals surface area contributed by atoms with Crippen LogP contribution in [0.5, 0.6) is 11.5 Å². The van der Waals surface area contributed by atoms with Crippen molar-refractivity contribution >= 4 is 68.3 Å². The molecule has 0 atom stereocenters. The van der Waals surface area contributed by atoms with E-state index in [1.165, 1.54) is 5.56 Å². The normalized spacial score (nSPS) is 12.4. The van der Waals surface area contributed by atoms with Crippen LogP contribution in [0, 0.1) is 19.1 Å². The Morgan fingerprint density at radius 3 is 1.57 bits per heavy atom. The van der Waals surface area contributed by atoms with Crippen LogP contribution in [0.3, 0.4) is 0 Å². The van der Waals surface area contributed by atoms with Crippen LogP contribution in [0.25, 0.3) is 33.0 Å². The molecule has 2 heterocycles. The van der Waals surface area contributed by atoms with Crippen molar-refractivity contribution in [2.45, 2.75) is 6.92 Å². The number of aryl methyl sites for hydroxylation is 1. The predicted octanol–water partition coefficient (Wildman–Crippen LogP) is 13.6. The molecular formula is C55H36N4OPt+4. The standard InChI is InChI=1S/C55H36N4O.Pt/c1-39-29-32-43(33-30-39)56-37-57(52-28-11-10-27-51(52)56)44-20-12-22-46(35-44)60-47-23-13-21-45(36-47)58-38-59(55-50-24-9-8-19-42(50)31-34-53(55)58)54-48(40-15-4-2-5-16-40)25-14-26-49(54)41-17-6-3-7-18-41;/h2-34H,1H3;/q2*+2. The zero-order valence-corrected chi connectivity index (χ0v) is 35.3. The number of benzene rings is 9. The topological polar surface area (TPSA) is 21.3 Å². The number of para-hydroxylation sites is 3. The van der Waals surface area contributed by atoms with E-state index in [2.05, 4.69) is 209 Å². The van der Waals surface area contributed by atoms with Gasteiger partial charge in [0.2, 0.25) is 11.4 Å². The molecule has 0 aliphatic carbocycles. The largest absolute Gasteiger partial charge is 2.00 e. The second-order valence-electron chi connectivity index (χ2n) is 14.9. The van der Waals surface area contributed by atoms with Gasteiger partial charge in [-0.2, -0.15) is 12.1 Å². The Morgan fingerprint density at radius 1 is 0.410 bits per heavy atom. The van der Waals surface area contributed by atoms with Gasteiger partial charge in [-0.3, -0.25) is 0 Å². The summed E-state index contributed by atoms with van der Waals surface area (Å²) in [6, 6.07) is 83.8. The molecule has 0 N–H and O–H groups in total. The summed E-state index contributed by atoms with van der Waals surface area (Å²) in [6.45, 7) is 2.10. The molecular weight excluding hydrogens is 928 g/mol. The number of hydrogen-bond acceptors (Lipinski definition) is 1. The zero-order chi connectivity index (χ0) is 40.0. The Hall–Kier alpha value is -7.51. The number of hydrogen-bond donors (Lipinski definition) is 0. The molecule has 9 aromatic carbocycles. The van der Waals surface area contributed by atoms with Crippen LogP contribution in [0.1, 0.15) is 5.56 Å². The van der Waals surface area contributed by atoms with E-state index in [0.29, 0.717) is 11.5 Å². The maximum atomic E-state index is 6.57. The number of rotatable bonds is 8. The first kappa shape index (κ1) is 37.7. The van der Waals surface area contributed by atoms with Crippen molar-refractivity contribution in [2.24, 2.45) is 0 Å². The van der Waals surface area contributed by atoms with E-state index in [0.717, 1.165) is 78.5 Å². The van der Waals surface area contributed by atoms with Gasteiger partial charge in [-0.1, -0.05) is 148 Å². The van der Waals surface area contributed by atoms with Crippen molar-refractivity contribution in [2.75, 3.05) is 0 Å². The molecule has 0 saturated carbocycles. The van der Waals surface area contributed by atoms with Crippen molar-refractivity contribution < 1.29 is 25.8 Å². The fraction of sp³-hybridized carbons (Fsp3) is 0.0182. The van der Waals surface area contributed by atoms with E-state index in [9.17, 15) is 0 Å². The van der Waals surface area contributed by atoms with Gasteiger partial charge in [0, 0.05) is 41.8 Å². The van der Waals surface area contributed by atoms with Gasteiger partial charge >= 0.3 is 38.8 Å². The molecule has 2 aliphatic rings. The van der Waals surface area contributed by atoms with Crippen LogP contribution >= 0.6 is 0 Å². The molecule has 9 aromatic rings. The van der Waals surface area contributed by atoms with Gasteiger partial charge in [-0.05, 0) is 56.9 Å². The average molecular weight is 964 g/mol. The zero-order valence-electron chi connectivity index (χ0n) is 33.1. The Labute approximate surface area is 369 Å². The molecule has 0 fully saturated rings. The summed E-state index contributed by atoms with van der Waals surface area (Å²) in [5.74, 6) is 1.13. The smallest absolute Gasteiger partial charge is 0.509 e. The summed E-state index contributed by atoms with van der Waals surface area (Å²) in [5.41, 5.74) is 13.5. The van der Waals surface area contributed by atoms with Crippen LogP contribution in [-0.4, -0.2) is 12.0 Å². The average Bonchev–Trinajstić information content (AvgIpc) is 3.90. The quantitative estimate of drug-likeness (QED) is 0.110. The SMILES string of the molecule is Cc1ccc([N+]2=C=[N+](c3[c-]c(Oc4[c-]c([N+]5=C=[N+](c6c(-c7ccccc7)cccc6-c6ccccc6)c6c5ccc5ccccc65)ccc4)ccc3)c3ccccc32)cc1.[Pt+2]. The summed E-state index contributed by atoms with van der Waals surface area (Å²) in [6.07, 6.45) is 0. The van der Waals surface area contributed by atoms with Gasteiger partial charge in [0.05, 0.1) is 16.5 Å². The van der Waals surface area contributed by atoms with E-state index in [1.807, 2.05) is 41.0 Å². The monoisotopic (exact) mass is 963 g/mol. The van der Waals surface area contributed by atoms with Gasteiger partial charge in [-0.25, -0.2) is 0 Å². The number of nitrogens with zero attached hydrogens (tertiary/aromatic N) is 4. The van der Waals surface area contributed by atoms with Crippen LogP contribution < -0.4 is 23.0 Å². The third-order valence-corrected chi connectivity index (χ3v) is 11.0. The molecule has 61 heavy (non-hydrogen) atoms. The molecule has 0 aromatic heterocycles. The molecule has 0 spiro atoms. The van der Waals surface area contributed by atoms with Crippen molar-refractivity contribution in [3.8, 4) is 33.8 Å². The van der Waals surface area contributed by atoms with Gasteiger partial charge < -0.3 is 4.74 Å². The molecule has 0 amide bonds. The molecule has 5 nitrogen and oxygen atoms in total. The van der Waals surface area contributed by atoms with Gasteiger partial charge in [0.1, 0.15) is 11.4 Å². The van der Waals surface area contributed by atoms with Crippen molar-refractivity contribution in [3.63, 3.8) is 0 Å². The third kappa shape index (κ3) is 6.88. The summed E-state index contributed by atoms with van der Waals surface area (Å²) >= 11 is 0. The van der Waals surface area contributed by atoms with Crippen molar-refractivity contribution in [1.29, 1.82) is 0 Å². The fourth-order valence-electron chi connectivity index (χ4n) is 8.19. The van der Waals surface area contributed by atoms with Crippen LogP contribution in [0.2, 0.25) is 0 Å². The first-order chi connectivity index (χ1) is 29.7. The Bertz CT molecular complexity index is 3250. The summed E-state index contributed by atoms with van der Waals surface area (Å²) < 4.78 is 15.0. The maximum Gasteiger partial charge on any atom is 2.00 e. The minimum atomic E-state index is 0. The van der Waals surface area contributed by atoms with Gasteiger partial charge in [-0.15, -0.1) is 12.1 Å². The molecule has 0 unspecified atom stereocenters. The van der Waals surface area contributed by atoms with E-state index in [-0.39, 0.29) is 21.1 Å². The first-order valence-corrected chi connectivity index (χ1v) is 20.0. The molecule has 11 rings (SSSR count). The summed E-state index contributed by atoms with van der Waals surface area (Å²) in [4.78, 5) is 0. The van der Waals surface area contributed by atoms with Gasteiger partial charge in [0.25, 0.3) is 17.1 Å². The van der Waals surface area contributed by atoms with E-state index in [1.54, 1.807) is 0 Å². The second-order valence-corrected chi connectivity index (χ2v) is 14.9. The van der Waals surface area contributed by atoms with Crippen LogP contribution in [0.15, 0.2) is 200 Å². The molecule has 0 saturated heterocycles. The molecule has 0 radical (unpaired) electrons. The third-order valence-electron chi connectivity index (χ3n) is 11.0. The Balaban J connectivity index is 0.00000445. The Morgan fingerprint density at radius 2 is 0.934 bits per heavy atom. The van der Waals surface area contributed by atoms with Crippen molar-refractivity contribution in [1.82, 2.24) is 18.3 Å². The Kier molecular flexibility index (Phi) is 9.85. The maximum absolute atomic E-state index is 6.57. The number of fused-ring (bicyclic) bond motifs is 4. The van der Waals surface area contributed by atoms with E-state index >= 15 is 0 Å². The summed E-state index contributed by atoms with van der Waals surface area (Å²) in [5, 5.41) is 2.28. The minimum absolute atomic E-state index is 0. The number of ether oxygens (including phenoxy) is 1. The molecule has 0 bridgehead atoms. The molecule has 6 heteroatoms. The van der Waals surface area contributed by atoms with Gasteiger partial charge in [0.15, 0.2) is 0 Å². The fourth-order valence-corrected chi connectivity index (χ4v) is 8.19. The van der Waals surface area contributed by atoms with Crippen molar-refractivity contribution in [3.05, 3.63) is 218 Å². The van der Waals surface area contributed by atoms with E-state index in [4.69, 9.17) is 4.74 Å². The van der Waals surface area contributed by atoms with Crippen LogP contribution in [0.4, 0.5) is 45.5 Å². The molecule has 2 aliphatic heterocycles. The van der Waals surface area contributed by atoms with Crippen LogP contribution in [-0.2, 0) is 21.1 Å². The van der Waals surface area contributed by atoms with E-state index < -0.39 is 0 Å². The second kappa shape index (κ2) is 15.9. The summed E-state index contributed by atoms with van der Waals surface area (Å²) in [7, 11) is 0. The first-order valence-electron chi connectivity index (χ1n) is 20.0. The minimum Gasteiger partial charge on any atom is -0.509 e.